The van der Waals surface area contributed by atoms with Crippen LogP contribution in [0.4, 0.5) is 20.4 Å². The summed E-state index contributed by atoms with van der Waals surface area (Å²) in [6.45, 7) is 5.02. The second-order valence-electron chi connectivity index (χ2n) is 4.71. The van der Waals surface area contributed by atoms with Gasteiger partial charge in [-0.3, -0.25) is 0 Å². The number of rotatable bonds is 6. The Labute approximate surface area is 122 Å². The van der Waals surface area contributed by atoms with Crippen molar-refractivity contribution in [3.8, 4) is 0 Å². The van der Waals surface area contributed by atoms with E-state index in [9.17, 15) is 8.78 Å². The molecule has 2 aromatic rings. The van der Waals surface area contributed by atoms with E-state index in [2.05, 4.69) is 27.5 Å². The zero-order chi connectivity index (χ0) is 15.2. The Bertz CT molecular complexity index is 617. The lowest BCUT2D eigenvalue weighted by Crippen LogP contribution is -2.09. The van der Waals surface area contributed by atoms with Crippen LogP contribution in [0.3, 0.4) is 0 Å². The van der Waals surface area contributed by atoms with Crippen molar-refractivity contribution >= 4 is 11.6 Å². The summed E-state index contributed by atoms with van der Waals surface area (Å²) in [5.74, 6) is 0.236. The van der Waals surface area contributed by atoms with Crippen LogP contribution in [-0.2, 0) is 6.54 Å². The van der Waals surface area contributed by atoms with E-state index < -0.39 is 11.6 Å². The molecule has 0 fully saturated rings. The highest BCUT2D eigenvalue weighted by molar-refractivity contribution is 5.56. The lowest BCUT2D eigenvalue weighted by Gasteiger charge is -2.12. The number of nitrogens with one attached hydrogen (secondary N) is 2. The molecule has 0 unspecified atom stereocenters. The Hall–Kier alpha value is -2.24. The lowest BCUT2D eigenvalue weighted by atomic mass is 10.2. The van der Waals surface area contributed by atoms with Crippen LogP contribution in [0.5, 0.6) is 0 Å². The standard InChI is InChI=1S/C15H18F2N4/c1-3-6-18-14-10(2)15(21-9-20-14)19-8-11-4-5-12(16)7-13(11)17/h4-5,7,9H,3,6,8H2,1-2H3,(H2,18,19,20,21). The highest BCUT2D eigenvalue weighted by Gasteiger charge is 2.08. The van der Waals surface area contributed by atoms with E-state index in [0.717, 1.165) is 30.4 Å². The topological polar surface area (TPSA) is 49.8 Å². The van der Waals surface area contributed by atoms with E-state index in [4.69, 9.17) is 0 Å². The molecule has 21 heavy (non-hydrogen) atoms. The minimum absolute atomic E-state index is 0.233. The molecular formula is C15H18F2N4. The van der Waals surface area contributed by atoms with Crippen molar-refractivity contribution in [2.75, 3.05) is 17.2 Å². The molecule has 0 aliphatic carbocycles. The smallest absolute Gasteiger partial charge is 0.134 e. The Kier molecular flexibility index (Phi) is 5.03. The molecule has 1 heterocycles. The van der Waals surface area contributed by atoms with Crippen LogP contribution in [0.1, 0.15) is 24.5 Å². The number of hydrogen-bond donors (Lipinski definition) is 2. The molecule has 0 amide bonds. The molecular weight excluding hydrogens is 274 g/mol. The van der Waals surface area contributed by atoms with Gasteiger partial charge in [0.1, 0.15) is 29.6 Å². The van der Waals surface area contributed by atoms with Crippen LogP contribution < -0.4 is 10.6 Å². The summed E-state index contributed by atoms with van der Waals surface area (Å²) in [7, 11) is 0. The molecule has 2 rings (SSSR count). The summed E-state index contributed by atoms with van der Waals surface area (Å²) in [6.07, 6.45) is 2.45. The van der Waals surface area contributed by atoms with Gasteiger partial charge in [-0.1, -0.05) is 13.0 Å². The summed E-state index contributed by atoms with van der Waals surface area (Å²) in [6, 6.07) is 3.53. The molecule has 2 N–H and O–H groups in total. The molecule has 0 spiro atoms. The molecule has 0 bridgehead atoms. The van der Waals surface area contributed by atoms with Gasteiger partial charge >= 0.3 is 0 Å². The Balaban J connectivity index is 2.09. The molecule has 1 aromatic carbocycles. The fourth-order valence-electron chi connectivity index (χ4n) is 1.89. The third-order valence-corrected chi connectivity index (χ3v) is 3.09. The number of hydrogen-bond acceptors (Lipinski definition) is 4. The van der Waals surface area contributed by atoms with Gasteiger partial charge in [0.05, 0.1) is 0 Å². The van der Waals surface area contributed by atoms with Crippen molar-refractivity contribution in [2.45, 2.75) is 26.8 Å². The molecule has 0 radical (unpaired) electrons. The summed E-state index contributed by atoms with van der Waals surface area (Å²) in [4.78, 5) is 8.33. The lowest BCUT2D eigenvalue weighted by molar-refractivity contribution is 0.574. The molecule has 1 aromatic heterocycles. The average molecular weight is 292 g/mol. The van der Waals surface area contributed by atoms with Gasteiger partial charge in [-0.2, -0.15) is 0 Å². The number of benzene rings is 1. The first-order valence-corrected chi connectivity index (χ1v) is 6.85. The van der Waals surface area contributed by atoms with Crippen molar-refractivity contribution in [2.24, 2.45) is 0 Å². The summed E-state index contributed by atoms with van der Waals surface area (Å²) < 4.78 is 26.4. The van der Waals surface area contributed by atoms with Crippen molar-refractivity contribution in [1.29, 1.82) is 0 Å². The zero-order valence-corrected chi connectivity index (χ0v) is 12.1. The normalized spacial score (nSPS) is 10.5. The molecule has 112 valence electrons. The van der Waals surface area contributed by atoms with Crippen molar-refractivity contribution in [1.82, 2.24) is 9.97 Å². The van der Waals surface area contributed by atoms with Gasteiger partial charge in [0.15, 0.2) is 0 Å². The summed E-state index contributed by atoms with van der Waals surface area (Å²) in [5, 5.41) is 6.26. The maximum Gasteiger partial charge on any atom is 0.134 e. The second kappa shape index (κ2) is 6.97. The maximum atomic E-state index is 13.6. The Morgan fingerprint density at radius 3 is 2.48 bits per heavy atom. The highest BCUT2D eigenvalue weighted by atomic mass is 19.1. The molecule has 0 aliphatic rings. The van der Waals surface area contributed by atoms with Crippen molar-refractivity contribution in [3.63, 3.8) is 0 Å². The van der Waals surface area contributed by atoms with Gasteiger partial charge in [-0.15, -0.1) is 0 Å². The van der Waals surface area contributed by atoms with E-state index in [1.807, 2.05) is 6.92 Å². The molecule has 0 aliphatic heterocycles. The van der Waals surface area contributed by atoms with E-state index in [1.165, 1.54) is 18.5 Å². The molecule has 6 heteroatoms. The minimum atomic E-state index is -0.583. The predicted molar refractivity (Wildman–Crippen MR) is 79.2 cm³/mol. The van der Waals surface area contributed by atoms with E-state index in [-0.39, 0.29) is 6.54 Å². The van der Waals surface area contributed by atoms with Crippen LogP contribution in [-0.4, -0.2) is 16.5 Å². The third kappa shape index (κ3) is 3.87. The van der Waals surface area contributed by atoms with Crippen molar-refractivity contribution in [3.05, 3.63) is 47.3 Å². The van der Waals surface area contributed by atoms with Gasteiger partial charge in [-0.25, -0.2) is 18.7 Å². The van der Waals surface area contributed by atoms with Gasteiger partial charge in [0, 0.05) is 30.3 Å². The fourth-order valence-corrected chi connectivity index (χ4v) is 1.89. The van der Waals surface area contributed by atoms with Crippen LogP contribution in [0.2, 0.25) is 0 Å². The van der Waals surface area contributed by atoms with Crippen LogP contribution in [0.15, 0.2) is 24.5 Å². The van der Waals surface area contributed by atoms with Crippen LogP contribution in [0.25, 0.3) is 0 Å². The summed E-state index contributed by atoms with van der Waals surface area (Å²) in [5.41, 5.74) is 1.26. The van der Waals surface area contributed by atoms with Gasteiger partial charge in [0.25, 0.3) is 0 Å². The number of nitrogens with zero attached hydrogens (tertiary/aromatic N) is 2. The fraction of sp³-hybridized carbons (Fsp3) is 0.333. The summed E-state index contributed by atoms with van der Waals surface area (Å²) >= 11 is 0. The van der Waals surface area contributed by atoms with Crippen LogP contribution in [0, 0.1) is 18.6 Å². The van der Waals surface area contributed by atoms with Gasteiger partial charge < -0.3 is 10.6 Å². The Morgan fingerprint density at radius 1 is 1.10 bits per heavy atom. The van der Waals surface area contributed by atoms with Crippen LogP contribution >= 0.6 is 0 Å². The highest BCUT2D eigenvalue weighted by Crippen LogP contribution is 2.19. The Morgan fingerprint density at radius 2 is 1.81 bits per heavy atom. The zero-order valence-electron chi connectivity index (χ0n) is 12.1. The first-order chi connectivity index (χ1) is 10.1. The molecule has 0 saturated carbocycles. The van der Waals surface area contributed by atoms with E-state index >= 15 is 0 Å². The monoisotopic (exact) mass is 292 g/mol. The van der Waals surface area contributed by atoms with Gasteiger partial charge in [-0.05, 0) is 19.4 Å². The largest absolute Gasteiger partial charge is 0.370 e. The van der Waals surface area contributed by atoms with E-state index in [0.29, 0.717) is 11.4 Å². The van der Waals surface area contributed by atoms with E-state index in [1.54, 1.807) is 0 Å². The second-order valence-corrected chi connectivity index (χ2v) is 4.71. The first kappa shape index (κ1) is 15.2. The number of anilines is 2. The SMILES string of the molecule is CCCNc1ncnc(NCc2ccc(F)cc2F)c1C. The average Bonchev–Trinajstić information content (AvgIpc) is 2.46. The molecule has 0 atom stereocenters. The maximum absolute atomic E-state index is 13.6. The quantitative estimate of drug-likeness (QED) is 0.855. The minimum Gasteiger partial charge on any atom is -0.370 e. The molecule has 4 nitrogen and oxygen atoms in total. The first-order valence-electron chi connectivity index (χ1n) is 6.85. The third-order valence-electron chi connectivity index (χ3n) is 3.09. The number of aromatic nitrogens is 2. The van der Waals surface area contributed by atoms with Crippen molar-refractivity contribution < 1.29 is 8.78 Å². The predicted octanol–water partition coefficient (Wildman–Crippen LogP) is 3.50. The molecule has 0 saturated heterocycles. The number of halogens is 2. The van der Waals surface area contributed by atoms with Gasteiger partial charge in [0.2, 0.25) is 0 Å².